The molecule has 2 N–H and O–H groups in total. The zero-order chi connectivity index (χ0) is 11.5. The van der Waals surface area contributed by atoms with Crippen molar-refractivity contribution >= 4 is 40.1 Å². The van der Waals surface area contributed by atoms with Gasteiger partial charge in [0, 0.05) is 25.5 Å². The number of aromatic nitrogens is 2. The zero-order valence-corrected chi connectivity index (χ0v) is 10.7. The molecule has 6 heteroatoms. The van der Waals surface area contributed by atoms with E-state index in [2.05, 4.69) is 32.5 Å². The van der Waals surface area contributed by atoms with Gasteiger partial charge in [0.05, 0.1) is 0 Å². The van der Waals surface area contributed by atoms with E-state index in [0.717, 1.165) is 16.5 Å². The third-order valence-corrected chi connectivity index (χ3v) is 3.06. The van der Waals surface area contributed by atoms with Crippen molar-refractivity contribution in [2.75, 3.05) is 24.3 Å². The Morgan fingerprint density at radius 2 is 2.25 bits per heavy atom. The number of hydrogen-bond acceptors (Lipinski definition) is 5. The summed E-state index contributed by atoms with van der Waals surface area (Å²) in [6, 6.07) is 8.11. The molecule has 0 amide bonds. The van der Waals surface area contributed by atoms with Crippen molar-refractivity contribution in [1.82, 2.24) is 10.2 Å². The molecule has 0 bridgehead atoms. The Morgan fingerprint density at radius 1 is 1.44 bits per heavy atom. The SMILES string of the molecule is CN(C)c1cccc(Nc2n[nH]c(=S)s2)c1. The Bertz CT molecular complexity index is 529. The molecule has 1 aromatic carbocycles. The lowest BCUT2D eigenvalue weighted by molar-refractivity contribution is 1.08. The summed E-state index contributed by atoms with van der Waals surface area (Å²) in [6.45, 7) is 0. The van der Waals surface area contributed by atoms with Gasteiger partial charge in [-0.1, -0.05) is 17.4 Å². The lowest BCUT2D eigenvalue weighted by Crippen LogP contribution is -2.08. The second kappa shape index (κ2) is 4.63. The Morgan fingerprint density at radius 3 is 2.88 bits per heavy atom. The van der Waals surface area contributed by atoms with E-state index < -0.39 is 0 Å². The molecule has 0 aliphatic heterocycles. The van der Waals surface area contributed by atoms with Crippen molar-refractivity contribution < 1.29 is 0 Å². The molecule has 0 saturated heterocycles. The van der Waals surface area contributed by atoms with Gasteiger partial charge < -0.3 is 10.2 Å². The van der Waals surface area contributed by atoms with Crippen LogP contribution in [0.2, 0.25) is 0 Å². The van der Waals surface area contributed by atoms with Gasteiger partial charge >= 0.3 is 0 Å². The van der Waals surface area contributed by atoms with Crippen LogP contribution in [0.5, 0.6) is 0 Å². The molecule has 0 aliphatic rings. The van der Waals surface area contributed by atoms with Crippen LogP contribution in [-0.2, 0) is 0 Å². The largest absolute Gasteiger partial charge is 0.378 e. The number of H-pyrrole nitrogens is 1. The van der Waals surface area contributed by atoms with Crippen molar-refractivity contribution in [3.05, 3.63) is 28.2 Å². The Balaban J connectivity index is 2.21. The first-order valence-electron chi connectivity index (χ1n) is 4.75. The predicted octanol–water partition coefficient (Wildman–Crippen LogP) is 3.01. The maximum atomic E-state index is 4.97. The summed E-state index contributed by atoms with van der Waals surface area (Å²) in [5.74, 6) is 0. The molecule has 1 heterocycles. The molecule has 4 nitrogen and oxygen atoms in total. The van der Waals surface area contributed by atoms with Gasteiger partial charge in [0.25, 0.3) is 0 Å². The van der Waals surface area contributed by atoms with E-state index in [-0.39, 0.29) is 0 Å². The van der Waals surface area contributed by atoms with Crippen molar-refractivity contribution in [1.29, 1.82) is 0 Å². The van der Waals surface area contributed by atoms with Crippen LogP contribution in [0.4, 0.5) is 16.5 Å². The van der Waals surface area contributed by atoms with Crippen molar-refractivity contribution in [2.24, 2.45) is 0 Å². The van der Waals surface area contributed by atoms with Crippen LogP contribution in [0.25, 0.3) is 0 Å². The van der Waals surface area contributed by atoms with Crippen LogP contribution in [-0.4, -0.2) is 24.3 Å². The van der Waals surface area contributed by atoms with Gasteiger partial charge in [-0.3, -0.25) is 5.10 Å². The molecule has 0 fully saturated rings. The fraction of sp³-hybridized carbons (Fsp3) is 0.200. The lowest BCUT2D eigenvalue weighted by atomic mass is 10.2. The summed E-state index contributed by atoms with van der Waals surface area (Å²) in [6.07, 6.45) is 0. The van der Waals surface area contributed by atoms with Gasteiger partial charge in [0.2, 0.25) is 5.13 Å². The van der Waals surface area contributed by atoms with Crippen molar-refractivity contribution in [3.63, 3.8) is 0 Å². The molecule has 0 saturated carbocycles. The number of aromatic amines is 1. The van der Waals surface area contributed by atoms with E-state index in [9.17, 15) is 0 Å². The Labute approximate surface area is 103 Å². The minimum absolute atomic E-state index is 0.672. The topological polar surface area (TPSA) is 44.0 Å². The molecule has 0 radical (unpaired) electrons. The fourth-order valence-corrected chi connectivity index (χ4v) is 2.08. The molecule has 2 aromatic rings. The second-order valence-corrected chi connectivity index (χ2v) is 5.15. The highest BCUT2D eigenvalue weighted by atomic mass is 32.1. The average Bonchev–Trinajstić information content (AvgIpc) is 2.64. The summed E-state index contributed by atoms with van der Waals surface area (Å²) in [5.41, 5.74) is 2.15. The van der Waals surface area contributed by atoms with E-state index in [1.807, 2.05) is 26.2 Å². The molecular formula is C10H12N4S2. The molecule has 0 unspecified atom stereocenters. The van der Waals surface area contributed by atoms with Gasteiger partial charge in [-0.15, -0.1) is 5.10 Å². The van der Waals surface area contributed by atoms with Crippen LogP contribution < -0.4 is 10.2 Å². The van der Waals surface area contributed by atoms with Crippen LogP contribution in [0, 0.1) is 3.95 Å². The normalized spacial score (nSPS) is 10.1. The van der Waals surface area contributed by atoms with E-state index in [1.54, 1.807) is 0 Å². The first kappa shape index (κ1) is 11.1. The highest BCUT2D eigenvalue weighted by molar-refractivity contribution is 7.73. The molecular weight excluding hydrogens is 240 g/mol. The molecule has 2 rings (SSSR count). The standard InChI is InChI=1S/C10H12N4S2/c1-14(2)8-5-3-4-7(6-8)11-9-12-13-10(15)16-9/h3-6H,1-2H3,(H,11,12)(H,13,15). The molecule has 0 spiro atoms. The van der Waals surface area contributed by atoms with Gasteiger partial charge in [-0.05, 0) is 30.4 Å². The summed E-state index contributed by atoms with van der Waals surface area (Å²) in [7, 11) is 4.02. The van der Waals surface area contributed by atoms with E-state index in [1.165, 1.54) is 11.3 Å². The first-order valence-corrected chi connectivity index (χ1v) is 5.97. The van der Waals surface area contributed by atoms with Crippen molar-refractivity contribution in [2.45, 2.75) is 0 Å². The number of nitrogens with zero attached hydrogens (tertiary/aromatic N) is 2. The summed E-state index contributed by atoms with van der Waals surface area (Å²) >= 11 is 6.39. The molecule has 0 atom stereocenters. The summed E-state index contributed by atoms with van der Waals surface area (Å²) < 4.78 is 0.672. The first-order chi connectivity index (χ1) is 7.65. The van der Waals surface area contributed by atoms with E-state index >= 15 is 0 Å². The third kappa shape index (κ3) is 2.59. The van der Waals surface area contributed by atoms with Gasteiger partial charge in [0.15, 0.2) is 3.95 Å². The Hall–Kier alpha value is -1.40. The van der Waals surface area contributed by atoms with Gasteiger partial charge in [-0.2, -0.15) is 0 Å². The van der Waals surface area contributed by atoms with E-state index in [4.69, 9.17) is 12.2 Å². The minimum atomic E-state index is 0.672. The molecule has 1 aromatic heterocycles. The van der Waals surface area contributed by atoms with Gasteiger partial charge in [-0.25, -0.2) is 0 Å². The third-order valence-electron chi connectivity index (χ3n) is 2.05. The highest BCUT2D eigenvalue weighted by Crippen LogP contribution is 2.22. The number of nitrogens with one attached hydrogen (secondary N) is 2. The second-order valence-electron chi connectivity index (χ2n) is 3.49. The molecule has 84 valence electrons. The van der Waals surface area contributed by atoms with Crippen LogP contribution >= 0.6 is 23.6 Å². The maximum Gasteiger partial charge on any atom is 0.208 e. The molecule has 16 heavy (non-hydrogen) atoms. The maximum absolute atomic E-state index is 4.97. The summed E-state index contributed by atoms with van der Waals surface area (Å²) in [5, 5.41) is 10.8. The number of anilines is 3. The highest BCUT2D eigenvalue weighted by Gasteiger charge is 2.00. The Kier molecular flexibility index (Phi) is 3.21. The fourth-order valence-electron chi connectivity index (χ4n) is 1.27. The molecule has 0 aliphatic carbocycles. The lowest BCUT2D eigenvalue weighted by Gasteiger charge is -2.13. The number of rotatable bonds is 3. The zero-order valence-electron chi connectivity index (χ0n) is 9.02. The predicted molar refractivity (Wildman–Crippen MR) is 71.4 cm³/mol. The van der Waals surface area contributed by atoms with Crippen LogP contribution in [0.15, 0.2) is 24.3 Å². The number of hydrogen-bond donors (Lipinski definition) is 2. The number of benzene rings is 1. The van der Waals surface area contributed by atoms with Crippen molar-refractivity contribution in [3.8, 4) is 0 Å². The minimum Gasteiger partial charge on any atom is -0.378 e. The monoisotopic (exact) mass is 252 g/mol. The van der Waals surface area contributed by atoms with Gasteiger partial charge in [0.1, 0.15) is 0 Å². The van der Waals surface area contributed by atoms with Crippen LogP contribution in [0.3, 0.4) is 0 Å². The smallest absolute Gasteiger partial charge is 0.208 e. The summed E-state index contributed by atoms with van der Waals surface area (Å²) in [4.78, 5) is 2.05. The quantitative estimate of drug-likeness (QED) is 0.824. The van der Waals surface area contributed by atoms with E-state index in [0.29, 0.717) is 3.95 Å². The van der Waals surface area contributed by atoms with Crippen LogP contribution in [0.1, 0.15) is 0 Å². The average molecular weight is 252 g/mol.